The first-order chi connectivity index (χ1) is 13.6. The average Bonchev–Trinajstić information content (AvgIpc) is 3.07. The molecule has 11 heteroatoms. The minimum Gasteiger partial charge on any atom is -0.370 e. The highest BCUT2D eigenvalue weighted by Crippen LogP contribution is 2.36. The molecule has 1 aromatic rings. The zero-order valence-electron chi connectivity index (χ0n) is 15.4. The molecule has 8 nitrogen and oxygen atoms in total. The van der Waals surface area contributed by atoms with E-state index in [1.54, 1.807) is 29.2 Å². The number of amides is 3. The normalized spacial score (nSPS) is 23.3. The Bertz CT molecular complexity index is 784. The Balaban J connectivity index is 1.60. The minimum absolute atomic E-state index is 0.00821. The number of alkyl halides is 3. The zero-order valence-corrected chi connectivity index (χ0v) is 15.4. The Morgan fingerprint density at radius 3 is 2.52 bits per heavy atom. The van der Waals surface area contributed by atoms with E-state index in [-0.39, 0.29) is 19.1 Å². The number of rotatable bonds is 5. The highest BCUT2D eigenvalue weighted by atomic mass is 19.4. The molecule has 3 N–H and O–H groups in total. The van der Waals surface area contributed by atoms with Crippen LogP contribution in [0.4, 0.5) is 24.5 Å². The molecule has 0 bridgehead atoms. The third-order valence-electron chi connectivity index (χ3n) is 4.99. The maximum absolute atomic E-state index is 13.0. The number of carbonyl (C=O) groups excluding carboxylic acids is 3. The van der Waals surface area contributed by atoms with Gasteiger partial charge in [-0.2, -0.15) is 13.2 Å². The molecule has 2 fully saturated rings. The average molecular weight is 414 g/mol. The van der Waals surface area contributed by atoms with Gasteiger partial charge >= 0.3 is 6.18 Å². The number of carbonyl (C=O) groups is 3. The minimum atomic E-state index is -4.45. The standard InChI is InChI=1S/C18H21F3N4O4/c19-18(20,21)11-7-14(17(22)28)24(8-11)9-15(26)23-12-1-3-13(4-2-12)25-5-6-29-10-16(25)27/h1-4,11,14H,5-10H2,(H2,22,28)(H,23,26). The van der Waals surface area contributed by atoms with E-state index >= 15 is 0 Å². The number of hydrogen-bond donors (Lipinski definition) is 2. The molecule has 3 rings (SSSR count). The number of primary amides is 1. The Hall–Kier alpha value is -2.66. The van der Waals surface area contributed by atoms with Gasteiger partial charge in [0.05, 0.1) is 25.1 Å². The molecule has 0 saturated carbocycles. The monoisotopic (exact) mass is 414 g/mol. The smallest absolute Gasteiger partial charge is 0.370 e. The third kappa shape index (κ3) is 5.04. The lowest BCUT2D eigenvalue weighted by Crippen LogP contribution is -2.44. The van der Waals surface area contributed by atoms with Crippen molar-refractivity contribution in [1.29, 1.82) is 0 Å². The van der Waals surface area contributed by atoms with E-state index in [0.717, 1.165) is 4.90 Å². The molecular weight excluding hydrogens is 393 g/mol. The number of benzene rings is 1. The highest BCUT2D eigenvalue weighted by molar-refractivity contribution is 5.96. The van der Waals surface area contributed by atoms with E-state index < -0.39 is 42.9 Å². The fraction of sp³-hybridized carbons (Fsp3) is 0.500. The van der Waals surface area contributed by atoms with Gasteiger partial charge in [0, 0.05) is 24.5 Å². The van der Waals surface area contributed by atoms with Crippen molar-refractivity contribution in [2.24, 2.45) is 11.7 Å². The van der Waals surface area contributed by atoms with Crippen molar-refractivity contribution in [3.8, 4) is 0 Å². The molecule has 2 aliphatic rings. The summed E-state index contributed by atoms with van der Waals surface area (Å²) in [4.78, 5) is 38.3. The summed E-state index contributed by atoms with van der Waals surface area (Å²) in [7, 11) is 0. The van der Waals surface area contributed by atoms with Gasteiger partial charge < -0.3 is 20.7 Å². The first kappa shape index (κ1) is 21.1. The summed E-state index contributed by atoms with van der Waals surface area (Å²) in [6.45, 7) is 0.0230. The Labute approximate surface area is 164 Å². The second kappa shape index (κ2) is 8.37. The van der Waals surface area contributed by atoms with Crippen molar-refractivity contribution in [3.05, 3.63) is 24.3 Å². The van der Waals surface area contributed by atoms with Crippen LogP contribution in [0.25, 0.3) is 0 Å². The molecule has 1 aromatic carbocycles. The van der Waals surface area contributed by atoms with Crippen LogP contribution in [0.3, 0.4) is 0 Å². The lowest BCUT2D eigenvalue weighted by atomic mass is 10.1. The molecule has 0 aliphatic carbocycles. The van der Waals surface area contributed by atoms with Crippen molar-refractivity contribution >= 4 is 29.1 Å². The summed E-state index contributed by atoms with van der Waals surface area (Å²) < 4.78 is 43.9. The number of halogens is 3. The van der Waals surface area contributed by atoms with Gasteiger partial charge in [0.25, 0.3) is 5.91 Å². The van der Waals surface area contributed by atoms with Crippen LogP contribution in [0, 0.1) is 5.92 Å². The molecule has 2 atom stereocenters. The van der Waals surface area contributed by atoms with Crippen molar-refractivity contribution in [2.75, 3.05) is 43.1 Å². The van der Waals surface area contributed by atoms with E-state index in [1.165, 1.54) is 0 Å². The molecule has 2 unspecified atom stereocenters. The lowest BCUT2D eigenvalue weighted by molar-refractivity contribution is -0.170. The molecule has 2 saturated heterocycles. The van der Waals surface area contributed by atoms with Gasteiger partial charge in [-0.05, 0) is 30.7 Å². The number of nitrogens with one attached hydrogen (secondary N) is 1. The van der Waals surface area contributed by atoms with Crippen molar-refractivity contribution in [2.45, 2.75) is 18.6 Å². The zero-order chi connectivity index (χ0) is 21.2. The molecular formula is C18H21F3N4O4. The van der Waals surface area contributed by atoms with E-state index in [4.69, 9.17) is 10.5 Å². The van der Waals surface area contributed by atoms with Gasteiger partial charge in [-0.1, -0.05) is 0 Å². The van der Waals surface area contributed by atoms with E-state index in [9.17, 15) is 27.6 Å². The van der Waals surface area contributed by atoms with Crippen molar-refractivity contribution in [3.63, 3.8) is 0 Å². The van der Waals surface area contributed by atoms with Gasteiger partial charge in [0.1, 0.15) is 6.61 Å². The lowest BCUT2D eigenvalue weighted by Gasteiger charge is -2.27. The largest absolute Gasteiger partial charge is 0.393 e. The maximum Gasteiger partial charge on any atom is 0.393 e. The number of likely N-dealkylation sites (tertiary alicyclic amines) is 1. The number of hydrogen-bond acceptors (Lipinski definition) is 5. The second-order valence-electron chi connectivity index (χ2n) is 7.01. The molecule has 158 valence electrons. The topological polar surface area (TPSA) is 105 Å². The van der Waals surface area contributed by atoms with Gasteiger partial charge in [-0.25, -0.2) is 0 Å². The molecule has 29 heavy (non-hydrogen) atoms. The Morgan fingerprint density at radius 2 is 1.93 bits per heavy atom. The summed E-state index contributed by atoms with van der Waals surface area (Å²) in [5.74, 6) is -3.31. The fourth-order valence-electron chi connectivity index (χ4n) is 3.51. The number of morpholine rings is 1. The Kier molecular flexibility index (Phi) is 6.08. The second-order valence-corrected chi connectivity index (χ2v) is 7.01. The van der Waals surface area contributed by atoms with Crippen LogP contribution >= 0.6 is 0 Å². The third-order valence-corrected chi connectivity index (χ3v) is 4.99. The maximum atomic E-state index is 13.0. The summed E-state index contributed by atoms with van der Waals surface area (Å²) >= 11 is 0. The Morgan fingerprint density at radius 1 is 1.24 bits per heavy atom. The van der Waals surface area contributed by atoms with E-state index in [0.29, 0.717) is 24.5 Å². The number of nitrogens with two attached hydrogens (primary N) is 1. The van der Waals surface area contributed by atoms with Crippen LogP contribution in [0.2, 0.25) is 0 Å². The van der Waals surface area contributed by atoms with Gasteiger partial charge in [-0.15, -0.1) is 0 Å². The predicted molar refractivity (Wildman–Crippen MR) is 97.0 cm³/mol. The molecule has 2 aliphatic heterocycles. The van der Waals surface area contributed by atoms with Gasteiger partial charge in [0.15, 0.2) is 0 Å². The quantitative estimate of drug-likeness (QED) is 0.739. The van der Waals surface area contributed by atoms with E-state index in [1.807, 2.05) is 0 Å². The van der Waals surface area contributed by atoms with Crippen LogP contribution in [0.15, 0.2) is 24.3 Å². The van der Waals surface area contributed by atoms with Crippen LogP contribution in [-0.2, 0) is 19.1 Å². The highest BCUT2D eigenvalue weighted by Gasteiger charge is 2.49. The molecule has 2 heterocycles. The predicted octanol–water partition coefficient (Wildman–Crippen LogP) is 0.726. The summed E-state index contributed by atoms with van der Waals surface area (Å²) in [6.07, 6.45) is -4.90. The summed E-state index contributed by atoms with van der Waals surface area (Å²) in [5, 5.41) is 2.58. The number of nitrogens with zero attached hydrogens (tertiary/aromatic N) is 2. The van der Waals surface area contributed by atoms with Gasteiger partial charge in [0.2, 0.25) is 11.8 Å². The van der Waals surface area contributed by atoms with E-state index in [2.05, 4.69) is 5.32 Å². The van der Waals surface area contributed by atoms with Crippen LogP contribution in [0.5, 0.6) is 0 Å². The van der Waals surface area contributed by atoms with Crippen molar-refractivity contribution in [1.82, 2.24) is 4.90 Å². The molecule has 0 spiro atoms. The number of ether oxygens (including phenoxy) is 1. The van der Waals surface area contributed by atoms with Crippen LogP contribution < -0.4 is 16.0 Å². The van der Waals surface area contributed by atoms with Crippen LogP contribution in [-0.4, -0.2) is 67.7 Å². The van der Waals surface area contributed by atoms with Crippen molar-refractivity contribution < 1.29 is 32.3 Å². The number of anilines is 2. The van der Waals surface area contributed by atoms with Gasteiger partial charge in [-0.3, -0.25) is 19.3 Å². The first-order valence-electron chi connectivity index (χ1n) is 9.03. The van der Waals surface area contributed by atoms with Crippen LogP contribution in [0.1, 0.15) is 6.42 Å². The fourth-order valence-corrected chi connectivity index (χ4v) is 3.51. The molecule has 0 aromatic heterocycles. The SMILES string of the molecule is NC(=O)C1CC(C(F)(F)F)CN1CC(=O)Nc1ccc(N2CCOCC2=O)cc1. The summed E-state index contributed by atoms with van der Waals surface area (Å²) in [6, 6.07) is 5.34. The first-order valence-corrected chi connectivity index (χ1v) is 9.03. The summed E-state index contributed by atoms with van der Waals surface area (Å²) in [5.41, 5.74) is 6.27. The molecule has 0 radical (unpaired) electrons. The molecule has 3 amide bonds.